The largest absolute Gasteiger partial charge is 0.481 e. The van der Waals surface area contributed by atoms with Crippen LogP contribution in [-0.4, -0.2) is 16.1 Å². The van der Waals surface area contributed by atoms with Crippen molar-refractivity contribution in [1.82, 2.24) is 4.98 Å². The van der Waals surface area contributed by atoms with Crippen LogP contribution in [0.2, 0.25) is 0 Å². The summed E-state index contributed by atoms with van der Waals surface area (Å²) in [5.74, 6) is -0.786. The van der Waals surface area contributed by atoms with Crippen LogP contribution in [0.4, 0.5) is 10.8 Å². The quantitative estimate of drug-likeness (QED) is 0.885. The van der Waals surface area contributed by atoms with Crippen LogP contribution < -0.4 is 5.32 Å². The Labute approximate surface area is 121 Å². The number of carboxylic acid groups (broad SMARTS) is 1. The monoisotopic (exact) mass is 288 g/mol. The average Bonchev–Trinajstić information content (AvgIpc) is 3.04. The van der Waals surface area contributed by atoms with E-state index < -0.39 is 5.97 Å². The number of carboxylic acids is 1. The molecule has 1 aromatic heterocycles. The Bertz CT molecular complexity index is 637. The molecule has 1 aliphatic carbocycles. The molecular weight excluding hydrogens is 272 g/mol. The third kappa shape index (κ3) is 2.99. The molecule has 104 valence electrons. The van der Waals surface area contributed by atoms with Crippen LogP contribution >= 0.6 is 11.3 Å². The summed E-state index contributed by atoms with van der Waals surface area (Å²) >= 11 is 1.51. The predicted octanol–water partition coefficient (Wildman–Crippen LogP) is 3.39. The molecule has 1 aliphatic rings. The molecule has 0 atom stereocenters. The molecule has 0 radical (unpaired) electrons. The molecule has 2 aromatic rings. The first-order valence-electron chi connectivity index (χ1n) is 6.76. The molecule has 2 N–H and O–H groups in total. The van der Waals surface area contributed by atoms with Crippen molar-refractivity contribution in [3.05, 3.63) is 40.4 Å². The summed E-state index contributed by atoms with van der Waals surface area (Å²) in [6.07, 6.45) is 4.20. The van der Waals surface area contributed by atoms with E-state index in [0.717, 1.165) is 22.9 Å². The predicted molar refractivity (Wildman–Crippen MR) is 79.8 cm³/mol. The van der Waals surface area contributed by atoms with E-state index in [2.05, 4.69) is 28.5 Å². The van der Waals surface area contributed by atoms with E-state index in [0.29, 0.717) is 6.42 Å². The molecule has 1 aromatic carbocycles. The second kappa shape index (κ2) is 5.63. The SMILES string of the molecule is O=C(O)CCc1csc(Nc2ccc3c(c2)CCC3)n1. The van der Waals surface area contributed by atoms with Crippen molar-refractivity contribution < 1.29 is 9.90 Å². The lowest BCUT2D eigenvalue weighted by molar-refractivity contribution is -0.136. The zero-order chi connectivity index (χ0) is 13.9. The van der Waals surface area contributed by atoms with E-state index in [1.165, 1.54) is 35.3 Å². The van der Waals surface area contributed by atoms with Gasteiger partial charge in [0.15, 0.2) is 5.13 Å². The number of thiazole rings is 1. The third-order valence-electron chi connectivity index (χ3n) is 3.50. The Morgan fingerprint density at radius 2 is 2.20 bits per heavy atom. The van der Waals surface area contributed by atoms with Gasteiger partial charge in [-0.3, -0.25) is 4.79 Å². The molecule has 0 spiro atoms. The van der Waals surface area contributed by atoms with Crippen molar-refractivity contribution >= 4 is 28.1 Å². The van der Waals surface area contributed by atoms with Gasteiger partial charge in [0.2, 0.25) is 0 Å². The molecule has 4 nitrogen and oxygen atoms in total. The van der Waals surface area contributed by atoms with E-state index in [4.69, 9.17) is 5.11 Å². The van der Waals surface area contributed by atoms with Gasteiger partial charge in [-0.15, -0.1) is 11.3 Å². The molecule has 20 heavy (non-hydrogen) atoms. The van der Waals surface area contributed by atoms with Gasteiger partial charge < -0.3 is 10.4 Å². The highest BCUT2D eigenvalue weighted by molar-refractivity contribution is 7.13. The molecule has 0 fully saturated rings. The van der Waals surface area contributed by atoms with E-state index in [9.17, 15) is 4.79 Å². The molecular formula is C15H16N2O2S. The summed E-state index contributed by atoms with van der Waals surface area (Å²) in [6, 6.07) is 6.47. The van der Waals surface area contributed by atoms with Crippen LogP contribution in [0.5, 0.6) is 0 Å². The molecule has 0 unspecified atom stereocenters. The fourth-order valence-corrected chi connectivity index (χ4v) is 3.25. The summed E-state index contributed by atoms with van der Waals surface area (Å²) in [4.78, 5) is 15.0. The van der Waals surface area contributed by atoms with Crippen LogP contribution in [0.1, 0.15) is 29.7 Å². The van der Waals surface area contributed by atoms with Gasteiger partial charge in [-0.2, -0.15) is 0 Å². The number of fused-ring (bicyclic) bond motifs is 1. The zero-order valence-corrected chi connectivity index (χ0v) is 11.9. The minimum atomic E-state index is -0.786. The Morgan fingerprint density at radius 3 is 3.05 bits per heavy atom. The van der Waals surface area contributed by atoms with Gasteiger partial charge in [-0.25, -0.2) is 4.98 Å². The number of aliphatic carboxylic acids is 1. The molecule has 0 saturated heterocycles. The van der Waals surface area contributed by atoms with Gasteiger partial charge in [0.1, 0.15) is 0 Å². The average molecular weight is 288 g/mol. The number of carbonyl (C=O) groups is 1. The van der Waals surface area contributed by atoms with Crippen molar-refractivity contribution in [2.45, 2.75) is 32.1 Å². The number of aromatic nitrogens is 1. The number of nitrogens with zero attached hydrogens (tertiary/aromatic N) is 1. The normalized spacial score (nSPS) is 13.2. The van der Waals surface area contributed by atoms with E-state index in [1.54, 1.807) is 0 Å². The van der Waals surface area contributed by atoms with Gasteiger partial charge >= 0.3 is 5.97 Å². The topological polar surface area (TPSA) is 62.2 Å². The van der Waals surface area contributed by atoms with Gasteiger partial charge in [0, 0.05) is 17.5 Å². The highest BCUT2D eigenvalue weighted by Gasteiger charge is 2.11. The van der Waals surface area contributed by atoms with Crippen molar-refractivity contribution in [2.24, 2.45) is 0 Å². The van der Waals surface area contributed by atoms with Crippen LogP contribution in [0.25, 0.3) is 0 Å². The van der Waals surface area contributed by atoms with Crippen LogP contribution in [0, 0.1) is 0 Å². The molecule has 0 aliphatic heterocycles. The highest BCUT2D eigenvalue weighted by atomic mass is 32.1. The maximum Gasteiger partial charge on any atom is 0.303 e. The van der Waals surface area contributed by atoms with Gasteiger partial charge in [-0.1, -0.05) is 6.07 Å². The second-order valence-electron chi connectivity index (χ2n) is 5.00. The van der Waals surface area contributed by atoms with E-state index in [1.807, 2.05) is 5.38 Å². The number of rotatable bonds is 5. The first kappa shape index (κ1) is 13.1. The summed E-state index contributed by atoms with van der Waals surface area (Å²) in [5, 5.41) is 14.7. The number of anilines is 2. The van der Waals surface area contributed by atoms with Crippen molar-refractivity contribution in [3.8, 4) is 0 Å². The summed E-state index contributed by atoms with van der Waals surface area (Å²) in [5.41, 5.74) is 4.78. The lowest BCUT2D eigenvalue weighted by Crippen LogP contribution is -1.98. The second-order valence-corrected chi connectivity index (χ2v) is 5.86. The van der Waals surface area contributed by atoms with Crippen molar-refractivity contribution in [2.75, 3.05) is 5.32 Å². The summed E-state index contributed by atoms with van der Waals surface area (Å²) < 4.78 is 0. The maximum atomic E-state index is 10.5. The molecule has 5 heteroatoms. The van der Waals surface area contributed by atoms with Gasteiger partial charge in [0.05, 0.1) is 12.1 Å². The lowest BCUT2D eigenvalue weighted by Gasteiger charge is -2.05. The molecule has 0 saturated carbocycles. The highest BCUT2D eigenvalue weighted by Crippen LogP contribution is 2.27. The fraction of sp³-hybridized carbons (Fsp3) is 0.333. The lowest BCUT2D eigenvalue weighted by atomic mass is 10.1. The van der Waals surface area contributed by atoms with Crippen molar-refractivity contribution in [3.63, 3.8) is 0 Å². The van der Waals surface area contributed by atoms with Crippen molar-refractivity contribution in [1.29, 1.82) is 0 Å². The fourth-order valence-electron chi connectivity index (χ4n) is 2.49. The first-order valence-corrected chi connectivity index (χ1v) is 7.64. The smallest absolute Gasteiger partial charge is 0.303 e. The van der Waals surface area contributed by atoms with Crippen LogP contribution in [0.3, 0.4) is 0 Å². The molecule has 0 bridgehead atoms. The Balaban J connectivity index is 1.67. The number of aryl methyl sites for hydroxylation is 3. The number of benzene rings is 1. The zero-order valence-electron chi connectivity index (χ0n) is 11.1. The molecule has 3 rings (SSSR count). The van der Waals surface area contributed by atoms with Crippen LogP contribution in [-0.2, 0) is 24.1 Å². The summed E-state index contributed by atoms with van der Waals surface area (Å²) in [6.45, 7) is 0. The number of nitrogens with one attached hydrogen (secondary N) is 1. The van der Waals surface area contributed by atoms with Crippen LogP contribution in [0.15, 0.2) is 23.6 Å². The Kier molecular flexibility index (Phi) is 3.69. The minimum Gasteiger partial charge on any atom is -0.481 e. The number of hydrogen-bond acceptors (Lipinski definition) is 4. The summed E-state index contributed by atoms with van der Waals surface area (Å²) in [7, 11) is 0. The van der Waals surface area contributed by atoms with Gasteiger partial charge in [-0.05, 0) is 42.5 Å². The number of hydrogen-bond donors (Lipinski definition) is 2. The minimum absolute atomic E-state index is 0.127. The van der Waals surface area contributed by atoms with E-state index >= 15 is 0 Å². The Morgan fingerprint density at radius 1 is 1.35 bits per heavy atom. The molecule has 1 heterocycles. The van der Waals surface area contributed by atoms with Gasteiger partial charge in [0.25, 0.3) is 0 Å². The first-order chi connectivity index (χ1) is 9.70. The Hall–Kier alpha value is -1.88. The maximum absolute atomic E-state index is 10.5. The standard InChI is InChI=1S/C15H16N2O2S/c18-14(19)7-6-13-9-20-15(17-13)16-12-5-4-10-2-1-3-11(10)8-12/h4-5,8-9H,1-3,6-7H2,(H,16,17)(H,18,19). The van der Waals surface area contributed by atoms with E-state index in [-0.39, 0.29) is 6.42 Å². The third-order valence-corrected chi connectivity index (χ3v) is 4.30. The molecule has 0 amide bonds.